The fourth-order valence-electron chi connectivity index (χ4n) is 3.45. The molecule has 0 spiro atoms. The Kier molecular flexibility index (Phi) is 7.05. The SMILES string of the molecule is O=C(NC(=S)Nc1ccc(N2CCN(C(=O)c3ccco3)CC2)cc1)c1cccc(I)c1. The van der Waals surface area contributed by atoms with Gasteiger partial charge in [-0.25, -0.2) is 0 Å². The van der Waals surface area contributed by atoms with Crippen LogP contribution in [0.25, 0.3) is 0 Å². The minimum absolute atomic E-state index is 0.0741. The molecule has 1 aliphatic heterocycles. The van der Waals surface area contributed by atoms with Crippen LogP contribution in [0.2, 0.25) is 0 Å². The molecule has 164 valence electrons. The Morgan fingerprint density at radius 2 is 1.72 bits per heavy atom. The molecule has 1 fully saturated rings. The quantitative estimate of drug-likeness (QED) is 0.372. The summed E-state index contributed by atoms with van der Waals surface area (Å²) in [5.74, 6) is 0.0495. The molecule has 2 aromatic carbocycles. The molecule has 7 nitrogen and oxygen atoms in total. The maximum Gasteiger partial charge on any atom is 0.289 e. The number of furan rings is 1. The van der Waals surface area contributed by atoms with E-state index in [4.69, 9.17) is 16.6 Å². The van der Waals surface area contributed by atoms with Crippen LogP contribution in [0.1, 0.15) is 20.9 Å². The number of rotatable bonds is 4. The van der Waals surface area contributed by atoms with Crippen LogP contribution in [-0.2, 0) is 0 Å². The van der Waals surface area contributed by atoms with E-state index < -0.39 is 0 Å². The molecule has 2 N–H and O–H groups in total. The molecule has 1 aliphatic rings. The van der Waals surface area contributed by atoms with E-state index >= 15 is 0 Å². The lowest BCUT2D eigenvalue weighted by atomic mass is 10.2. The smallest absolute Gasteiger partial charge is 0.289 e. The zero-order valence-electron chi connectivity index (χ0n) is 17.1. The highest BCUT2D eigenvalue weighted by atomic mass is 127. The summed E-state index contributed by atoms with van der Waals surface area (Å²) >= 11 is 7.44. The second-order valence-electron chi connectivity index (χ2n) is 7.22. The highest BCUT2D eigenvalue weighted by Gasteiger charge is 2.23. The normalized spacial score (nSPS) is 13.5. The van der Waals surface area contributed by atoms with Crippen LogP contribution in [0, 0.1) is 3.57 Å². The summed E-state index contributed by atoms with van der Waals surface area (Å²) in [7, 11) is 0. The topological polar surface area (TPSA) is 77.8 Å². The Balaban J connectivity index is 1.28. The van der Waals surface area contributed by atoms with Crippen LogP contribution in [0.4, 0.5) is 11.4 Å². The zero-order chi connectivity index (χ0) is 22.5. The summed E-state index contributed by atoms with van der Waals surface area (Å²) in [6.45, 7) is 2.75. The molecule has 0 bridgehead atoms. The van der Waals surface area contributed by atoms with Gasteiger partial charge in [-0.05, 0) is 89.4 Å². The predicted octanol–water partition coefficient (Wildman–Crippen LogP) is 3.97. The number of nitrogens with zero attached hydrogens (tertiary/aromatic N) is 2. The van der Waals surface area contributed by atoms with E-state index in [1.807, 2.05) is 36.4 Å². The number of amides is 2. The van der Waals surface area contributed by atoms with Crippen molar-refractivity contribution in [3.63, 3.8) is 0 Å². The lowest BCUT2D eigenvalue weighted by Gasteiger charge is -2.35. The van der Waals surface area contributed by atoms with Gasteiger partial charge in [-0.3, -0.25) is 14.9 Å². The molecule has 9 heteroatoms. The Hall–Kier alpha value is -2.92. The number of hydrogen-bond donors (Lipinski definition) is 2. The molecule has 0 aliphatic carbocycles. The van der Waals surface area contributed by atoms with Crippen LogP contribution in [0.5, 0.6) is 0 Å². The zero-order valence-corrected chi connectivity index (χ0v) is 20.1. The van der Waals surface area contributed by atoms with Gasteiger partial charge in [0.25, 0.3) is 11.8 Å². The van der Waals surface area contributed by atoms with Crippen molar-refractivity contribution in [2.24, 2.45) is 0 Å². The van der Waals surface area contributed by atoms with Gasteiger partial charge in [0, 0.05) is 46.7 Å². The average Bonchev–Trinajstić information content (AvgIpc) is 3.34. The third-order valence-electron chi connectivity index (χ3n) is 5.10. The van der Waals surface area contributed by atoms with Crippen molar-refractivity contribution in [3.8, 4) is 0 Å². The largest absolute Gasteiger partial charge is 0.459 e. The van der Waals surface area contributed by atoms with Crippen molar-refractivity contribution in [3.05, 3.63) is 81.8 Å². The lowest BCUT2D eigenvalue weighted by molar-refractivity contribution is 0.0714. The standard InChI is InChI=1S/C23H21IN4O3S/c24-17-4-1-3-16(15-17)21(29)26-23(32)25-18-6-8-19(9-7-18)27-10-12-28(13-11-27)22(30)20-5-2-14-31-20/h1-9,14-15H,10-13H2,(H2,25,26,29,32). The van der Waals surface area contributed by atoms with Gasteiger partial charge in [-0.1, -0.05) is 6.07 Å². The minimum atomic E-state index is -0.250. The Labute approximate surface area is 204 Å². The third-order valence-corrected chi connectivity index (χ3v) is 5.98. The summed E-state index contributed by atoms with van der Waals surface area (Å²) in [5, 5.41) is 5.98. The van der Waals surface area contributed by atoms with Crippen molar-refractivity contribution in [2.45, 2.75) is 0 Å². The number of piperazine rings is 1. The molecule has 0 unspecified atom stereocenters. The molecule has 1 aromatic heterocycles. The predicted molar refractivity (Wildman–Crippen MR) is 136 cm³/mol. The van der Waals surface area contributed by atoms with Gasteiger partial charge >= 0.3 is 0 Å². The van der Waals surface area contributed by atoms with Crippen molar-refractivity contribution >= 4 is 63.1 Å². The van der Waals surface area contributed by atoms with Crippen LogP contribution in [0.15, 0.2) is 71.3 Å². The molecule has 3 aromatic rings. The highest BCUT2D eigenvalue weighted by Crippen LogP contribution is 2.20. The number of hydrogen-bond acceptors (Lipinski definition) is 5. The average molecular weight is 560 g/mol. The van der Waals surface area contributed by atoms with Crippen molar-refractivity contribution in [1.82, 2.24) is 10.2 Å². The van der Waals surface area contributed by atoms with Gasteiger partial charge in [-0.15, -0.1) is 0 Å². The van der Waals surface area contributed by atoms with E-state index in [1.165, 1.54) is 6.26 Å². The summed E-state index contributed by atoms with van der Waals surface area (Å²) < 4.78 is 6.19. The Bertz CT molecular complexity index is 1110. The molecule has 2 amide bonds. The first kappa shape index (κ1) is 22.3. The molecule has 0 saturated carbocycles. The third kappa shape index (κ3) is 5.46. The van der Waals surface area contributed by atoms with Gasteiger partial charge in [0.05, 0.1) is 6.26 Å². The van der Waals surface area contributed by atoms with Crippen LogP contribution in [0.3, 0.4) is 0 Å². The highest BCUT2D eigenvalue weighted by molar-refractivity contribution is 14.1. The molecule has 4 rings (SSSR count). The van der Waals surface area contributed by atoms with Crippen molar-refractivity contribution in [1.29, 1.82) is 0 Å². The molecule has 32 heavy (non-hydrogen) atoms. The maximum absolute atomic E-state index is 12.4. The first-order valence-electron chi connectivity index (χ1n) is 10.1. The van der Waals surface area contributed by atoms with Gasteiger partial charge in [0.2, 0.25) is 0 Å². The summed E-state index contributed by atoms with van der Waals surface area (Å²) in [4.78, 5) is 28.8. The molecular formula is C23H21IN4O3S. The molecule has 0 radical (unpaired) electrons. The summed E-state index contributed by atoms with van der Waals surface area (Å²) in [6, 6.07) is 18.5. The summed E-state index contributed by atoms with van der Waals surface area (Å²) in [6.07, 6.45) is 1.51. The van der Waals surface area contributed by atoms with Crippen LogP contribution >= 0.6 is 34.8 Å². The minimum Gasteiger partial charge on any atom is -0.459 e. The number of benzene rings is 2. The van der Waals surface area contributed by atoms with Crippen molar-refractivity contribution < 1.29 is 14.0 Å². The molecular weight excluding hydrogens is 539 g/mol. The van der Waals surface area contributed by atoms with Gasteiger partial charge in [-0.2, -0.15) is 0 Å². The fourth-order valence-corrected chi connectivity index (χ4v) is 4.20. The number of carbonyl (C=O) groups excluding carboxylic acids is 2. The molecule has 1 saturated heterocycles. The first-order chi connectivity index (χ1) is 15.5. The van der Waals surface area contributed by atoms with Gasteiger partial charge in [0.1, 0.15) is 0 Å². The van der Waals surface area contributed by atoms with Crippen LogP contribution in [-0.4, -0.2) is 48.0 Å². The van der Waals surface area contributed by atoms with Gasteiger partial charge < -0.3 is 19.5 Å². The van der Waals surface area contributed by atoms with E-state index in [1.54, 1.807) is 29.2 Å². The van der Waals surface area contributed by atoms with E-state index in [9.17, 15) is 9.59 Å². The Morgan fingerprint density at radius 1 is 0.969 bits per heavy atom. The maximum atomic E-state index is 12.4. The van der Waals surface area contributed by atoms with E-state index in [0.717, 1.165) is 28.0 Å². The number of carbonyl (C=O) groups is 2. The van der Waals surface area contributed by atoms with Crippen molar-refractivity contribution in [2.75, 3.05) is 36.4 Å². The summed E-state index contributed by atoms with van der Waals surface area (Å²) in [5.41, 5.74) is 2.41. The van der Waals surface area contributed by atoms with Crippen LogP contribution < -0.4 is 15.5 Å². The molecule has 0 atom stereocenters. The number of halogens is 1. The first-order valence-corrected chi connectivity index (χ1v) is 11.5. The second-order valence-corrected chi connectivity index (χ2v) is 8.88. The Morgan fingerprint density at radius 3 is 2.38 bits per heavy atom. The number of anilines is 2. The monoisotopic (exact) mass is 560 g/mol. The fraction of sp³-hybridized carbons (Fsp3) is 0.174. The number of thiocarbonyl (C=S) groups is 1. The van der Waals surface area contributed by atoms with E-state index in [2.05, 4.69) is 38.1 Å². The number of nitrogens with one attached hydrogen (secondary N) is 2. The second kappa shape index (κ2) is 10.1. The van der Waals surface area contributed by atoms with Gasteiger partial charge in [0.15, 0.2) is 10.9 Å². The van der Waals surface area contributed by atoms with E-state index in [-0.39, 0.29) is 16.9 Å². The van der Waals surface area contributed by atoms with E-state index in [0.29, 0.717) is 24.4 Å². The molecule has 2 heterocycles. The lowest BCUT2D eigenvalue weighted by Crippen LogP contribution is -2.48.